The van der Waals surface area contributed by atoms with Gasteiger partial charge in [0.1, 0.15) is 5.75 Å². The van der Waals surface area contributed by atoms with Crippen molar-refractivity contribution < 1.29 is 14.1 Å². The van der Waals surface area contributed by atoms with E-state index in [1.54, 1.807) is 18.2 Å². The highest BCUT2D eigenvalue weighted by atomic mass is 35.5. The number of aromatic nitrogens is 1. The van der Waals surface area contributed by atoms with Crippen molar-refractivity contribution in [2.45, 2.75) is 26.3 Å². The van der Waals surface area contributed by atoms with Gasteiger partial charge in [-0.2, -0.15) is 4.57 Å². The minimum Gasteiger partial charge on any atom is -0.455 e. The van der Waals surface area contributed by atoms with Crippen LogP contribution in [-0.4, -0.2) is 5.91 Å². The van der Waals surface area contributed by atoms with Crippen molar-refractivity contribution in [3.05, 3.63) is 83.6 Å². The van der Waals surface area contributed by atoms with E-state index < -0.39 is 0 Å². The summed E-state index contributed by atoms with van der Waals surface area (Å²) in [5.74, 6) is 1.09. The Morgan fingerprint density at radius 3 is 2.52 bits per heavy atom. The molecule has 3 rings (SSSR count). The fourth-order valence-corrected chi connectivity index (χ4v) is 2.88. The number of para-hydroxylation sites is 1. The summed E-state index contributed by atoms with van der Waals surface area (Å²) in [6, 6.07) is 18.7. The molecular formula is C22H22ClN2O2+. The van der Waals surface area contributed by atoms with Gasteiger partial charge in [-0.3, -0.25) is 4.79 Å². The molecule has 0 saturated carbocycles. The van der Waals surface area contributed by atoms with E-state index in [9.17, 15) is 4.79 Å². The molecule has 3 aromatic rings. The molecule has 0 saturated heterocycles. The van der Waals surface area contributed by atoms with E-state index in [1.165, 1.54) is 5.56 Å². The molecule has 0 aliphatic heterocycles. The van der Waals surface area contributed by atoms with Gasteiger partial charge in [-0.1, -0.05) is 43.1 Å². The van der Waals surface area contributed by atoms with Crippen LogP contribution in [0.4, 0.5) is 5.69 Å². The molecule has 0 unspecified atom stereocenters. The number of amides is 1. The number of carbonyl (C=O) groups excluding carboxylic acids is 1. The van der Waals surface area contributed by atoms with Crippen molar-refractivity contribution in [2.75, 3.05) is 5.32 Å². The predicted octanol–water partition coefficient (Wildman–Crippen LogP) is 5.01. The minimum atomic E-state index is -0.150. The summed E-state index contributed by atoms with van der Waals surface area (Å²) in [4.78, 5) is 12.5. The van der Waals surface area contributed by atoms with Crippen LogP contribution in [0, 0.1) is 0 Å². The highest BCUT2D eigenvalue weighted by Crippen LogP contribution is 2.31. The summed E-state index contributed by atoms with van der Waals surface area (Å²) in [7, 11) is 0. The zero-order valence-electron chi connectivity index (χ0n) is 15.2. The van der Waals surface area contributed by atoms with E-state index in [2.05, 4.69) is 12.2 Å². The van der Waals surface area contributed by atoms with Crippen LogP contribution in [0.2, 0.25) is 5.02 Å². The van der Waals surface area contributed by atoms with Gasteiger partial charge in [0.25, 0.3) is 5.91 Å². The van der Waals surface area contributed by atoms with Crippen molar-refractivity contribution in [2.24, 2.45) is 0 Å². The molecule has 0 bridgehead atoms. The van der Waals surface area contributed by atoms with E-state index in [1.807, 2.05) is 59.4 Å². The van der Waals surface area contributed by atoms with Crippen LogP contribution in [-0.2, 0) is 17.8 Å². The van der Waals surface area contributed by atoms with Gasteiger partial charge in [0.2, 0.25) is 6.54 Å². The standard InChI is InChI=1S/C22H21ClN2O2/c1-2-6-17-11-13-25(14-12-17)16-22(26)24-20-15-18(23)9-10-21(20)27-19-7-4-3-5-8-19/h3-5,7-15H,2,6,16H2,1H3/p+1. The molecule has 0 aliphatic rings. The lowest BCUT2D eigenvalue weighted by atomic mass is 10.2. The topological polar surface area (TPSA) is 42.2 Å². The van der Waals surface area contributed by atoms with Gasteiger partial charge in [-0.05, 0) is 42.3 Å². The third kappa shape index (κ3) is 5.56. The molecule has 1 heterocycles. The van der Waals surface area contributed by atoms with Gasteiger partial charge in [-0.25, -0.2) is 0 Å². The molecular weight excluding hydrogens is 360 g/mol. The highest BCUT2D eigenvalue weighted by Gasteiger charge is 2.14. The first-order chi connectivity index (χ1) is 13.1. The first-order valence-electron chi connectivity index (χ1n) is 8.94. The van der Waals surface area contributed by atoms with E-state index in [0.717, 1.165) is 12.8 Å². The molecule has 0 aliphatic carbocycles. The number of aryl methyl sites for hydroxylation is 1. The summed E-state index contributed by atoms with van der Waals surface area (Å²) in [6.07, 6.45) is 5.98. The van der Waals surface area contributed by atoms with Crippen LogP contribution >= 0.6 is 11.6 Å². The lowest BCUT2D eigenvalue weighted by Gasteiger charge is -2.12. The summed E-state index contributed by atoms with van der Waals surface area (Å²) in [5.41, 5.74) is 1.81. The number of hydrogen-bond acceptors (Lipinski definition) is 2. The van der Waals surface area contributed by atoms with E-state index >= 15 is 0 Å². The molecule has 0 spiro atoms. The Morgan fingerprint density at radius 1 is 1.07 bits per heavy atom. The van der Waals surface area contributed by atoms with Crippen LogP contribution in [0.1, 0.15) is 18.9 Å². The molecule has 0 atom stereocenters. The Balaban J connectivity index is 1.70. The van der Waals surface area contributed by atoms with Gasteiger partial charge < -0.3 is 10.1 Å². The fourth-order valence-electron chi connectivity index (χ4n) is 2.71. The van der Waals surface area contributed by atoms with E-state index in [0.29, 0.717) is 22.2 Å². The zero-order valence-corrected chi connectivity index (χ0v) is 15.9. The Kier molecular flexibility index (Phi) is 6.44. The highest BCUT2D eigenvalue weighted by molar-refractivity contribution is 6.31. The second-order valence-corrected chi connectivity index (χ2v) is 6.67. The first kappa shape index (κ1) is 18.9. The predicted molar refractivity (Wildman–Crippen MR) is 107 cm³/mol. The van der Waals surface area contributed by atoms with E-state index in [4.69, 9.17) is 16.3 Å². The van der Waals surface area contributed by atoms with Crippen molar-refractivity contribution in [1.29, 1.82) is 0 Å². The molecule has 27 heavy (non-hydrogen) atoms. The lowest BCUT2D eigenvalue weighted by molar-refractivity contribution is -0.684. The first-order valence-corrected chi connectivity index (χ1v) is 9.32. The van der Waals surface area contributed by atoms with Gasteiger partial charge in [-0.15, -0.1) is 0 Å². The Morgan fingerprint density at radius 2 is 1.81 bits per heavy atom. The van der Waals surface area contributed by atoms with Gasteiger partial charge in [0.05, 0.1) is 5.69 Å². The molecule has 4 nitrogen and oxygen atoms in total. The maximum Gasteiger partial charge on any atom is 0.290 e. The zero-order chi connectivity index (χ0) is 19.1. The third-order valence-electron chi connectivity index (χ3n) is 4.01. The third-order valence-corrected chi connectivity index (χ3v) is 4.25. The van der Waals surface area contributed by atoms with Gasteiger partial charge >= 0.3 is 0 Å². The average molecular weight is 382 g/mol. The van der Waals surface area contributed by atoms with Crippen LogP contribution in [0.25, 0.3) is 0 Å². The number of nitrogens with zero attached hydrogens (tertiary/aromatic N) is 1. The summed E-state index contributed by atoms with van der Waals surface area (Å²) >= 11 is 6.10. The minimum absolute atomic E-state index is 0.150. The number of carbonyl (C=O) groups is 1. The smallest absolute Gasteiger partial charge is 0.290 e. The fraction of sp³-hybridized carbons (Fsp3) is 0.182. The van der Waals surface area contributed by atoms with Crippen molar-refractivity contribution in [1.82, 2.24) is 0 Å². The van der Waals surface area contributed by atoms with E-state index in [-0.39, 0.29) is 12.5 Å². The quantitative estimate of drug-likeness (QED) is 0.584. The number of nitrogens with one attached hydrogen (secondary N) is 1. The second-order valence-electron chi connectivity index (χ2n) is 6.23. The number of pyridine rings is 1. The Hall–Kier alpha value is -2.85. The van der Waals surface area contributed by atoms with Crippen LogP contribution in [0.3, 0.4) is 0 Å². The number of halogens is 1. The molecule has 1 amide bonds. The summed E-state index contributed by atoms with van der Waals surface area (Å²) in [6.45, 7) is 2.36. The van der Waals surface area contributed by atoms with Crippen molar-refractivity contribution >= 4 is 23.2 Å². The maximum absolute atomic E-state index is 12.5. The average Bonchev–Trinajstić information content (AvgIpc) is 2.66. The number of ether oxygens (including phenoxy) is 1. The van der Waals surface area contributed by atoms with Gasteiger partial charge in [0.15, 0.2) is 18.1 Å². The largest absolute Gasteiger partial charge is 0.455 e. The number of benzene rings is 2. The summed E-state index contributed by atoms with van der Waals surface area (Å²) < 4.78 is 7.72. The lowest BCUT2D eigenvalue weighted by Crippen LogP contribution is -2.39. The number of rotatable bonds is 7. The molecule has 0 radical (unpaired) electrons. The second kappa shape index (κ2) is 9.19. The monoisotopic (exact) mass is 381 g/mol. The molecule has 2 aromatic carbocycles. The molecule has 138 valence electrons. The van der Waals surface area contributed by atoms with Crippen molar-refractivity contribution in [3.8, 4) is 11.5 Å². The SMILES string of the molecule is CCCc1cc[n+](CC(=O)Nc2cc(Cl)ccc2Oc2ccccc2)cc1. The maximum atomic E-state index is 12.5. The Bertz CT molecular complexity index is 896. The van der Waals surface area contributed by atoms with Crippen LogP contribution < -0.4 is 14.6 Å². The number of hydrogen-bond donors (Lipinski definition) is 1. The molecule has 1 N–H and O–H groups in total. The number of anilines is 1. The van der Waals surface area contributed by atoms with Crippen LogP contribution in [0.5, 0.6) is 11.5 Å². The molecule has 0 fully saturated rings. The molecule has 5 heteroatoms. The normalized spacial score (nSPS) is 10.4. The van der Waals surface area contributed by atoms with Gasteiger partial charge in [0, 0.05) is 17.2 Å². The summed E-state index contributed by atoms with van der Waals surface area (Å²) in [5, 5.41) is 3.42. The Labute approximate surface area is 164 Å². The van der Waals surface area contributed by atoms with Crippen LogP contribution in [0.15, 0.2) is 73.1 Å². The molecule has 1 aromatic heterocycles. The van der Waals surface area contributed by atoms with Crippen molar-refractivity contribution in [3.63, 3.8) is 0 Å².